The van der Waals surface area contributed by atoms with Crippen molar-refractivity contribution in [2.45, 2.75) is 30.8 Å². The van der Waals surface area contributed by atoms with Crippen LogP contribution in [0.25, 0.3) is 0 Å². The molecule has 1 aromatic rings. The minimum absolute atomic E-state index is 0.0189. The Morgan fingerprint density at radius 2 is 1.87 bits per heavy atom. The molecule has 3 N–H and O–H groups in total. The molecule has 1 aliphatic rings. The van der Waals surface area contributed by atoms with Gasteiger partial charge >= 0.3 is 0 Å². The molecule has 1 heterocycles. The maximum atomic E-state index is 12.6. The first-order valence-corrected chi connectivity index (χ1v) is 9.03. The molecule has 2 unspecified atom stereocenters. The van der Waals surface area contributed by atoms with Crippen LogP contribution in [0.15, 0.2) is 29.2 Å². The zero-order chi connectivity index (χ0) is 17.2. The summed E-state index contributed by atoms with van der Waals surface area (Å²) in [5, 5.41) is 3.30. The van der Waals surface area contributed by atoms with Crippen LogP contribution in [-0.4, -0.2) is 56.1 Å². The second-order valence-corrected chi connectivity index (χ2v) is 7.72. The van der Waals surface area contributed by atoms with Crippen molar-refractivity contribution in [3.05, 3.63) is 29.8 Å². The van der Waals surface area contributed by atoms with Crippen LogP contribution in [0.2, 0.25) is 0 Å². The number of sulfone groups is 1. The monoisotopic (exact) mass is 339 g/mol. The van der Waals surface area contributed by atoms with Gasteiger partial charge in [0.15, 0.2) is 9.84 Å². The largest absolute Gasteiger partial charge is 0.369 e. The number of carbonyl (C=O) groups is 2. The van der Waals surface area contributed by atoms with E-state index in [1.165, 1.54) is 24.3 Å². The molecule has 1 saturated heterocycles. The van der Waals surface area contributed by atoms with Gasteiger partial charge in [-0.1, -0.05) is 0 Å². The van der Waals surface area contributed by atoms with Gasteiger partial charge in [-0.3, -0.25) is 9.59 Å². The molecule has 1 aliphatic heterocycles. The minimum Gasteiger partial charge on any atom is -0.369 e. The molecule has 0 radical (unpaired) electrons. The predicted octanol–water partition coefficient (Wildman–Crippen LogP) is -0.232. The number of amides is 2. The van der Waals surface area contributed by atoms with Gasteiger partial charge in [-0.2, -0.15) is 0 Å². The summed E-state index contributed by atoms with van der Waals surface area (Å²) < 4.78 is 23.8. The summed E-state index contributed by atoms with van der Waals surface area (Å²) in [4.78, 5) is 25.1. The molecule has 2 atom stereocenters. The van der Waals surface area contributed by atoms with Crippen molar-refractivity contribution in [1.82, 2.24) is 10.2 Å². The second kappa shape index (κ2) is 6.67. The Hall–Kier alpha value is -1.93. The number of piperazine rings is 1. The Labute approximate surface area is 135 Å². The standard InChI is InChI=1S/C15H21N3O4S/c1-10-11(2)18(8-7-17-10)15(20)12-3-5-13(6-4-12)23(21,22)9-14(16)19/h3-6,10-11,17H,7-9H2,1-2H3,(H2,16,19). The zero-order valence-corrected chi connectivity index (χ0v) is 14.0. The zero-order valence-electron chi connectivity index (χ0n) is 13.2. The Morgan fingerprint density at radius 1 is 1.26 bits per heavy atom. The van der Waals surface area contributed by atoms with Gasteiger partial charge in [-0.25, -0.2) is 8.42 Å². The van der Waals surface area contributed by atoms with E-state index in [4.69, 9.17) is 5.73 Å². The van der Waals surface area contributed by atoms with Gasteiger partial charge in [0.05, 0.1) is 4.90 Å². The number of nitrogens with two attached hydrogens (primary N) is 1. The maximum Gasteiger partial charge on any atom is 0.254 e. The Balaban J connectivity index is 2.19. The van der Waals surface area contributed by atoms with E-state index in [0.29, 0.717) is 12.1 Å². The number of nitrogens with zero attached hydrogens (tertiary/aromatic N) is 1. The van der Waals surface area contributed by atoms with Crippen molar-refractivity contribution in [1.29, 1.82) is 0 Å². The van der Waals surface area contributed by atoms with Crippen LogP contribution in [-0.2, 0) is 14.6 Å². The number of rotatable bonds is 4. The lowest BCUT2D eigenvalue weighted by molar-refractivity contribution is -0.115. The third-order valence-electron chi connectivity index (χ3n) is 4.09. The number of hydrogen-bond donors (Lipinski definition) is 2. The van der Waals surface area contributed by atoms with Crippen LogP contribution >= 0.6 is 0 Å². The van der Waals surface area contributed by atoms with Gasteiger partial charge in [0, 0.05) is 30.7 Å². The molecule has 0 saturated carbocycles. The molecule has 0 spiro atoms. The predicted molar refractivity (Wildman–Crippen MR) is 85.7 cm³/mol. The fourth-order valence-electron chi connectivity index (χ4n) is 2.58. The highest BCUT2D eigenvalue weighted by Gasteiger charge is 2.29. The van der Waals surface area contributed by atoms with E-state index in [2.05, 4.69) is 5.32 Å². The van der Waals surface area contributed by atoms with Gasteiger partial charge in [0.2, 0.25) is 5.91 Å². The van der Waals surface area contributed by atoms with E-state index < -0.39 is 21.5 Å². The number of carbonyl (C=O) groups excluding carboxylic acids is 2. The summed E-state index contributed by atoms with van der Waals surface area (Å²) in [6, 6.07) is 5.85. The fourth-order valence-corrected chi connectivity index (χ4v) is 3.68. The highest BCUT2D eigenvalue weighted by Crippen LogP contribution is 2.17. The van der Waals surface area contributed by atoms with Crippen molar-refractivity contribution in [3.8, 4) is 0 Å². The van der Waals surface area contributed by atoms with Crippen LogP contribution in [0.5, 0.6) is 0 Å². The lowest BCUT2D eigenvalue weighted by Crippen LogP contribution is -2.57. The van der Waals surface area contributed by atoms with Gasteiger partial charge in [-0.05, 0) is 38.1 Å². The van der Waals surface area contributed by atoms with Crippen LogP contribution in [0.1, 0.15) is 24.2 Å². The number of nitrogens with one attached hydrogen (secondary N) is 1. The van der Waals surface area contributed by atoms with Crippen LogP contribution in [0.3, 0.4) is 0 Å². The smallest absolute Gasteiger partial charge is 0.254 e. The van der Waals surface area contributed by atoms with Gasteiger partial charge in [0.1, 0.15) is 5.75 Å². The van der Waals surface area contributed by atoms with Gasteiger partial charge < -0.3 is 16.0 Å². The second-order valence-electron chi connectivity index (χ2n) is 5.73. The number of primary amides is 1. The molecule has 1 fully saturated rings. The first-order valence-electron chi connectivity index (χ1n) is 7.38. The van der Waals surface area contributed by atoms with E-state index in [1.54, 1.807) is 4.90 Å². The van der Waals surface area contributed by atoms with Crippen molar-refractivity contribution >= 4 is 21.7 Å². The molecule has 1 aromatic carbocycles. The summed E-state index contributed by atoms with van der Waals surface area (Å²) in [7, 11) is -3.76. The average Bonchev–Trinajstić information content (AvgIpc) is 2.48. The molecular weight excluding hydrogens is 318 g/mol. The van der Waals surface area contributed by atoms with Crippen molar-refractivity contribution < 1.29 is 18.0 Å². The Bertz CT molecular complexity index is 700. The normalized spacial score (nSPS) is 21.9. The highest BCUT2D eigenvalue weighted by atomic mass is 32.2. The molecule has 0 aliphatic carbocycles. The number of hydrogen-bond acceptors (Lipinski definition) is 5. The summed E-state index contributed by atoms with van der Waals surface area (Å²) >= 11 is 0. The van der Waals surface area contributed by atoms with Crippen LogP contribution in [0, 0.1) is 0 Å². The van der Waals surface area contributed by atoms with Crippen molar-refractivity contribution in [3.63, 3.8) is 0 Å². The van der Waals surface area contributed by atoms with E-state index >= 15 is 0 Å². The SMILES string of the molecule is CC1NCCN(C(=O)c2ccc(S(=O)(=O)CC(N)=O)cc2)C1C. The molecule has 8 heteroatoms. The van der Waals surface area contributed by atoms with Crippen molar-refractivity contribution in [2.75, 3.05) is 18.8 Å². The van der Waals surface area contributed by atoms with E-state index in [1.807, 2.05) is 13.8 Å². The molecule has 23 heavy (non-hydrogen) atoms. The summed E-state index contributed by atoms with van der Waals surface area (Å²) in [5.74, 6) is -1.79. The molecule has 2 amide bonds. The van der Waals surface area contributed by atoms with Gasteiger partial charge in [-0.15, -0.1) is 0 Å². The first kappa shape index (κ1) is 17.4. The molecule has 126 valence electrons. The summed E-state index contributed by atoms with van der Waals surface area (Å²) in [6.07, 6.45) is 0. The third-order valence-corrected chi connectivity index (χ3v) is 5.74. The fraction of sp³-hybridized carbons (Fsp3) is 0.467. The van der Waals surface area contributed by atoms with Crippen molar-refractivity contribution in [2.24, 2.45) is 5.73 Å². The number of benzene rings is 1. The van der Waals surface area contributed by atoms with Crippen LogP contribution < -0.4 is 11.1 Å². The summed E-state index contributed by atoms with van der Waals surface area (Å²) in [5.41, 5.74) is 5.36. The molecule has 0 aromatic heterocycles. The Kier molecular flexibility index (Phi) is 5.06. The average molecular weight is 339 g/mol. The topological polar surface area (TPSA) is 110 Å². The lowest BCUT2D eigenvalue weighted by atomic mass is 10.1. The molecule has 2 rings (SSSR count). The Morgan fingerprint density at radius 3 is 2.43 bits per heavy atom. The minimum atomic E-state index is -3.76. The van der Waals surface area contributed by atoms with E-state index in [0.717, 1.165) is 6.54 Å². The summed E-state index contributed by atoms with van der Waals surface area (Å²) in [6.45, 7) is 5.32. The quantitative estimate of drug-likeness (QED) is 0.787. The molecular formula is C15H21N3O4S. The third kappa shape index (κ3) is 3.89. The van der Waals surface area contributed by atoms with Gasteiger partial charge in [0.25, 0.3) is 5.91 Å². The van der Waals surface area contributed by atoms with Crippen LogP contribution in [0.4, 0.5) is 0 Å². The van der Waals surface area contributed by atoms with E-state index in [-0.39, 0.29) is 22.9 Å². The maximum absolute atomic E-state index is 12.6. The highest BCUT2D eigenvalue weighted by molar-refractivity contribution is 7.92. The first-order chi connectivity index (χ1) is 10.7. The van der Waals surface area contributed by atoms with E-state index in [9.17, 15) is 18.0 Å². The molecule has 7 nitrogen and oxygen atoms in total. The molecule has 0 bridgehead atoms. The lowest BCUT2D eigenvalue weighted by Gasteiger charge is -2.38.